The molecular formula is C23H25BrN2O4S. The molecule has 0 aliphatic heterocycles. The Hall–Kier alpha value is -2.39. The van der Waals surface area contributed by atoms with Crippen molar-refractivity contribution >= 4 is 31.6 Å². The van der Waals surface area contributed by atoms with Crippen LogP contribution in [0.5, 0.6) is 5.75 Å². The molecule has 0 bridgehead atoms. The number of anilines is 1. The zero-order chi connectivity index (χ0) is 22.4. The Morgan fingerprint density at radius 1 is 1.06 bits per heavy atom. The van der Waals surface area contributed by atoms with Gasteiger partial charge in [-0.25, -0.2) is 8.42 Å². The van der Waals surface area contributed by atoms with E-state index in [0.29, 0.717) is 10.2 Å². The van der Waals surface area contributed by atoms with Gasteiger partial charge in [0.1, 0.15) is 5.75 Å². The van der Waals surface area contributed by atoms with E-state index in [4.69, 9.17) is 4.74 Å². The van der Waals surface area contributed by atoms with Gasteiger partial charge < -0.3 is 15.2 Å². The Kier molecular flexibility index (Phi) is 7.72. The van der Waals surface area contributed by atoms with E-state index in [1.807, 2.05) is 42.5 Å². The van der Waals surface area contributed by atoms with Gasteiger partial charge in [-0.15, -0.1) is 0 Å². The molecular weight excluding hydrogens is 480 g/mol. The maximum atomic E-state index is 13.0. The number of hydrogen-bond donors (Lipinski definition) is 2. The van der Waals surface area contributed by atoms with E-state index in [1.54, 1.807) is 44.5 Å². The first-order valence-electron chi connectivity index (χ1n) is 9.66. The molecule has 8 heteroatoms. The van der Waals surface area contributed by atoms with Gasteiger partial charge in [-0.2, -0.15) is 4.31 Å². The summed E-state index contributed by atoms with van der Waals surface area (Å²) in [5.74, 6) is 0.720. The van der Waals surface area contributed by atoms with E-state index >= 15 is 0 Å². The zero-order valence-corrected chi connectivity index (χ0v) is 19.7. The van der Waals surface area contributed by atoms with Gasteiger partial charge in [0, 0.05) is 23.8 Å². The third kappa shape index (κ3) is 5.65. The summed E-state index contributed by atoms with van der Waals surface area (Å²) in [6, 6.07) is 21.4. The lowest BCUT2D eigenvalue weighted by Crippen LogP contribution is -2.26. The van der Waals surface area contributed by atoms with Crippen LogP contribution in [0.15, 0.2) is 82.2 Å². The van der Waals surface area contributed by atoms with Gasteiger partial charge in [0.05, 0.1) is 24.7 Å². The third-order valence-corrected chi connectivity index (χ3v) is 7.38. The minimum Gasteiger partial charge on any atom is -0.497 e. The molecule has 1 unspecified atom stereocenters. The van der Waals surface area contributed by atoms with Gasteiger partial charge in [0.15, 0.2) is 0 Å². The first-order chi connectivity index (χ1) is 14.8. The van der Waals surface area contributed by atoms with Crippen molar-refractivity contribution in [1.29, 1.82) is 0 Å². The van der Waals surface area contributed by atoms with Gasteiger partial charge in [0.2, 0.25) is 10.0 Å². The number of nitrogens with zero attached hydrogens (tertiary/aromatic N) is 1. The van der Waals surface area contributed by atoms with Gasteiger partial charge in [-0.05, 0) is 57.4 Å². The summed E-state index contributed by atoms with van der Waals surface area (Å²) in [5, 5.41) is 13.0. The fourth-order valence-electron chi connectivity index (χ4n) is 3.13. The Balaban J connectivity index is 1.76. The Morgan fingerprint density at radius 3 is 2.32 bits per heavy atom. The van der Waals surface area contributed by atoms with Crippen molar-refractivity contribution in [3.8, 4) is 5.75 Å². The topological polar surface area (TPSA) is 78.9 Å². The average Bonchev–Trinajstić information content (AvgIpc) is 2.79. The molecule has 1 atom stereocenters. The molecule has 0 spiro atoms. The molecule has 0 aliphatic rings. The number of nitrogens with one attached hydrogen (secondary N) is 1. The van der Waals surface area contributed by atoms with Crippen LogP contribution in [0.1, 0.15) is 17.2 Å². The highest BCUT2D eigenvalue weighted by Crippen LogP contribution is 2.30. The summed E-state index contributed by atoms with van der Waals surface area (Å²) in [6.07, 6.45) is 0. The Morgan fingerprint density at radius 2 is 1.74 bits per heavy atom. The van der Waals surface area contributed by atoms with E-state index in [0.717, 1.165) is 16.9 Å². The van der Waals surface area contributed by atoms with Crippen LogP contribution in [0, 0.1) is 0 Å². The lowest BCUT2D eigenvalue weighted by Gasteiger charge is -2.21. The van der Waals surface area contributed by atoms with Gasteiger partial charge in [0.25, 0.3) is 0 Å². The standard InChI is InChI=1S/C23H25BrN2O4S/c1-26(15-17-8-10-19(30-2)11-9-17)31(28,29)20-12-13-22(21(24)14-20)25-23(16-27)18-6-4-3-5-7-18/h3-14,23,25,27H,15-16H2,1-2H3. The van der Waals surface area contributed by atoms with Crippen LogP contribution in [-0.4, -0.2) is 38.6 Å². The highest BCUT2D eigenvalue weighted by atomic mass is 79.9. The quantitative estimate of drug-likeness (QED) is 0.450. The molecule has 0 saturated heterocycles. The summed E-state index contributed by atoms with van der Waals surface area (Å²) in [7, 11) is -0.543. The summed E-state index contributed by atoms with van der Waals surface area (Å²) in [6.45, 7) is 0.144. The van der Waals surface area contributed by atoms with Crippen molar-refractivity contribution in [2.24, 2.45) is 0 Å². The first-order valence-corrected chi connectivity index (χ1v) is 11.9. The largest absolute Gasteiger partial charge is 0.497 e. The minimum atomic E-state index is -3.68. The molecule has 0 amide bonds. The van der Waals surface area contributed by atoms with E-state index in [9.17, 15) is 13.5 Å². The maximum Gasteiger partial charge on any atom is 0.243 e. The van der Waals surface area contributed by atoms with Gasteiger partial charge >= 0.3 is 0 Å². The minimum absolute atomic E-state index is 0.0961. The predicted molar refractivity (Wildman–Crippen MR) is 126 cm³/mol. The molecule has 0 aromatic heterocycles. The number of ether oxygens (including phenoxy) is 1. The first kappa shape index (κ1) is 23.3. The van der Waals surface area contributed by atoms with Crippen molar-refractivity contribution in [1.82, 2.24) is 4.31 Å². The number of hydrogen-bond acceptors (Lipinski definition) is 5. The fourth-order valence-corrected chi connectivity index (χ4v) is 4.96. The number of aliphatic hydroxyl groups excluding tert-OH is 1. The molecule has 2 N–H and O–H groups in total. The summed E-state index contributed by atoms with van der Waals surface area (Å²) in [5.41, 5.74) is 2.49. The molecule has 3 aromatic carbocycles. The lowest BCUT2D eigenvalue weighted by atomic mass is 10.1. The number of aliphatic hydroxyl groups is 1. The Bertz CT molecular complexity index is 1110. The molecule has 31 heavy (non-hydrogen) atoms. The summed E-state index contributed by atoms with van der Waals surface area (Å²) >= 11 is 3.46. The number of benzene rings is 3. The zero-order valence-electron chi connectivity index (χ0n) is 17.3. The SMILES string of the molecule is COc1ccc(CN(C)S(=O)(=O)c2ccc(NC(CO)c3ccccc3)c(Br)c2)cc1. The lowest BCUT2D eigenvalue weighted by molar-refractivity contribution is 0.276. The van der Waals surface area contributed by atoms with E-state index < -0.39 is 10.0 Å². The molecule has 0 fully saturated rings. The van der Waals surface area contributed by atoms with E-state index in [2.05, 4.69) is 21.2 Å². The van der Waals surface area contributed by atoms with Crippen molar-refractivity contribution in [3.05, 3.63) is 88.4 Å². The fraction of sp³-hybridized carbons (Fsp3) is 0.217. The number of halogens is 1. The normalized spacial score (nSPS) is 12.5. The van der Waals surface area contributed by atoms with Gasteiger partial charge in [-0.1, -0.05) is 42.5 Å². The molecule has 3 rings (SSSR count). The highest BCUT2D eigenvalue weighted by molar-refractivity contribution is 9.10. The average molecular weight is 505 g/mol. The summed E-state index contributed by atoms with van der Waals surface area (Å²) in [4.78, 5) is 0.182. The highest BCUT2D eigenvalue weighted by Gasteiger charge is 2.22. The predicted octanol–water partition coefficient (Wildman–Crippen LogP) is 4.42. The van der Waals surface area contributed by atoms with Gasteiger partial charge in [-0.3, -0.25) is 0 Å². The molecule has 6 nitrogen and oxygen atoms in total. The number of methoxy groups -OCH3 is 1. The maximum absolute atomic E-state index is 13.0. The summed E-state index contributed by atoms with van der Waals surface area (Å²) < 4.78 is 33.1. The van der Waals surface area contributed by atoms with Crippen LogP contribution < -0.4 is 10.1 Å². The van der Waals surface area contributed by atoms with Crippen molar-refractivity contribution < 1.29 is 18.3 Å². The smallest absolute Gasteiger partial charge is 0.243 e. The third-order valence-electron chi connectivity index (χ3n) is 4.93. The number of sulfonamides is 1. The van der Waals surface area contributed by atoms with Crippen molar-refractivity contribution in [2.45, 2.75) is 17.5 Å². The van der Waals surface area contributed by atoms with Crippen LogP contribution in [0.4, 0.5) is 5.69 Å². The van der Waals surface area contributed by atoms with Crippen LogP contribution in [-0.2, 0) is 16.6 Å². The Labute approximate surface area is 191 Å². The molecule has 0 heterocycles. The van der Waals surface area contributed by atoms with Crippen molar-refractivity contribution in [2.75, 3.05) is 26.1 Å². The molecule has 0 saturated carbocycles. The molecule has 164 valence electrons. The van der Waals surface area contributed by atoms with Crippen LogP contribution in [0.25, 0.3) is 0 Å². The van der Waals surface area contributed by atoms with Crippen molar-refractivity contribution in [3.63, 3.8) is 0 Å². The number of rotatable bonds is 9. The molecule has 3 aromatic rings. The van der Waals surface area contributed by atoms with E-state index in [-0.39, 0.29) is 24.1 Å². The second-order valence-electron chi connectivity index (χ2n) is 7.04. The monoisotopic (exact) mass is 504 g/mol. The second-order valence-corrected chi connectivity index (χ2v) is 9.94. The molecule has 0 radical (unpaired) electrons. The van der Waals surface area contributed by atoms with Crippen LogP contribution in [0.3, 0.4) is 0 Å². The van der Waals surface area contributed by atoms with E-state index in [1.165, 1.54) is 4.31 Å². The second kappa shape index (κ2) is 10.3. The molecule has 0 aliphatic carbocycles. The van der Waals surface area contributed by atoms with Crippen LogP contribution in [0.2, 0.25) is 0 Å². The van der Waals surface area contributed by atoms with Crippen LogP contribution >= 0.6 is 15.9 Å².